The zero-order valence-electron chi connectivity index (χ0n) is 24.4. The zero-order chi connectivity index (χ0) is 29.4. The molecule has 7 heteroatoms. The molecular formula is C36H36ClN5O. The van der Waals surface area contributed by atoms with Gasteiger partial charge in [-0.2, -0.15) is 5.26 Å². The Morgan fingerprint density at radius 2 is 1.70 bits per heavy atom. The van der Waals surface area contributed by atoms with Crippen LogP contribution in [0.25, 0.3) is 22.0 Å². The van der Waals surface area contributed by atoms with Crippen LogP contribution in [0.2, 0.25) is 5.02 Å². The van der Waals surface area contributed by atoms with E-state index in [-0.39, 0.29) is 17.4 Å². The third-order valence-electron chi connectivity index (χ3n) is 9.61. The molecule has 7 rings (SSSR count). The summed E-state index contributed by atoms with van der Waals surface area (Å²) in [6.45, 7) is 4.77. The number of carbonyl (C=O) groups excluding carboxylic acids is 1. The number of fused-ring (bicyclic) bond motifs is 1. The molecule has 4 aromatic rings. The number of anilines is 1. The lowest BCUT2D eigenvalue weighted by molar-refractivity contribution is 0.0710. The number of nitrogens with zero attached hydrogens (tertiary/aromatic N) is 4. The van der Waals surface area contributed by atoms with Gasteiger partial charge in [-0.25, -0.2) is 4.98 Å². The van der Waals surface area contributed by atoms with Crippen LogP contribution in [0, 0.1) is 11.3 Å². The van der Waals surface area contributed by atoms with Crippen LogP contribution < -0.4 is 5.32 Å². The molecule has 0 spiro atoms. The summed E-state index contributed by atoms with van der Waals surface area (Å²) in [5.41, 5.74) is 5.50. The molecule has 6 nitrogen and oxygen atoms in total. The topological polar surface area (TPSA) is 72.3 Å². The van der Waals surface area contributed by atoms with E-state index < -0.39 is 0 Å². The van der Waals surface area contributed by atoms with Crippen LogP contribution >= 0.6 is 11.6 Å². The summed E-state index contributed by atoms with van der Waals surface area (Å²) in [6.07, 6.45) is 6.82. The Hall–Kier alpha value is -3.92. The number of nitriles is 1. The van der Waals surface area contributed by atoms with Crippen molar-refractivity contribution in [2.75, 3.05) is 38.0 Å². The van der Waals surface area contributed by atoms with Gasteiger partial charge in [0.1, 0.15) is 5.82 Å². The van der Waals surface area contributed by atoms with E-state index in [1.165, 1.54) is 18.4 Å². The number of halogens is 1. The molecule has 3 aliphatic rings. The number of pyridine rings is 1. The number of amides is 1. The molecule has 3 fully saturated rings. The predicted octanol–water partition coefficient (Wildman–Crippen LogP) is 7.27. The van der Waals surface area contributed by atoms with Crippen LogP contribution in [0.1, 0.15) is 60.0 Å². The molecule has 0 radical (unpaired) electrons. The summed E-state index contributed by atoms with van der Waals surface area (Å²) in [7, 11) is 0. The van der Waals surface area contributed by atoms with Crippen LogP contribution in [-0.2, 0) is 5.41 Å². The Bertz CT molecular complexity index is 1680. The highest BCUT2D eigenvalue weighted by molar-refractivity contribution is 6.30. The first kappa shape index (κ1) is 27.9. The second-order valence-electron chi connectivity index (χ2n) is 12.4. The zero-order valence-corrected chi connectivity index (χ0v) is 25.1. The second kappa shape index (κ2) is 11.6. The predicted molar refractivity (Wildman–Crippen MR) is 172 cm³/mol. The van der Waals surface area contributed by atoms with E-state index in [9.17, 15) is 10.1 Å². The molecule has 1 atom stereocenters. The van der Waals surface area contributed by atoms with E-state index >= 15 is 0 Å². The molecule has 1 saturated carbocycles. The first-order chi connectivity index (χ1) is 21.0. The van der Waals surface area contributed by atoms with Gasteiger partial charge in [0.25, 0.3) is 5.91 Å². The number of rotatable bonds is 8. The summed E-state index contributed by atoms with van der Waals surface area (Å²) in [5.74, 6) is 0.825. The number of likely N-dealkylation sites (tertiary alicyclic amines) is 2. The Morgan fingerprint density at radius 1 is 0.953 bits per heavy atom. The van der Waals surface area contributed by atoms with Gasteiger partial charge in [0.15, 0.2) is 0 Å². The van der Waals surface area contributed by atoms with Crippen LogP contribution in [-0.4, -0.2) is 59.5 Å². The standard InChI is InChI=1S/C36H36ClN5O/c37-29-12-10-28(11-13-29)36(15-16-36)24-39-34-21-32(35(43)42-19-3-4-30(42)23-41-17-1-2-18-41)31-20-27(9-14-33(31)40-34)26-7-5-25(22-38)6-8-26/h5-14,20-21,30H,1-4,15-19,23-24H2,(H,39,40)/t30-/m0/s1. The van der Waals surface area contributed by atoms with Crippen molar-refractivity contribution >= 4 is 34.2 Å². The Labute approximate surface area is 258 Å². The van der Waals surface area contributed by atoms with Gasteiger partial charge in [0.2, 0.25) is 0 Å². The van der Waals surface area contributed by atoms with E-state index in [1.807, 2.05) is 48.5 Å². The average Bonchev–Trinajstić information content (AvgIpc) is 3.40. The van der Waals surface area contributed by atoms with Crippen LogP contribution in [0.15, 0.2) is 72.8 Å². The van der Waals surface area contributed by atoms with Gasteiger partial charge in [-0.15, -0.1) is 0 Å². The molecule has 43 heavy (non-hydrogen) atoms. The van der Waals surface area contributed by atoms with Gasteiger partial charge in [0.05, 0.1) is 22.7 Å². The maximum Gasteiger partial charge on any atom is 0.254 e. The summed E-state index contributed by atoms with van der Waals surface area (Å²) < 4.78 is 0. The molecule has 3 aromatic carbocycles. The maximum atomic E-state index is 14.4. The molecule has 0 unspecified atom stereocenters. The van der Waals surface area contributed by atoms with E-state index in [1.54, 1.807) is 0 Å². The number of hydrogen-bond donors (Lipinski definition) is 1. The fraction of sp³-hybridized carbons (Fsp3) is 0.361. The smallest absolute Gasteiger partial charge is 0.254 e. The lowest BCUT2D eigenvalue weighted by Gasteiger charge is -2.29. The third kappa shape index (κ3) is 5.72. The van der Waals surface area contributed by atoms with Crippen molar-refractivity contribution in [3.63, 3.8) is 0 Å². The van der Waals surface area contributed by atoms with Gasteiger partial charge in [0, 0.05) is 41.5 Å². The van der Waals surface area contributed by atoms with E-state index in [0.717, 1.165) is 91.3 Å². The highest BCUT2D eigenvalue weighted by atomic mass is 35.5. The first-order valence-electron chi connectivity index (χ1n) is 15.5. The molecular weight excluding hydrogens is 554 g/mol. The summed E-state index contributed by atoms with van der Waals surface area (Å²) in [6, 6.07) is 26.3. The third-order valence-corrected chi connectivity index (χ3v) is 9.86. The minimum Gasteiger partial charge on any atom is -0.369 e. The molecule has 3 heterocycles. The molecule has 2 aliphatic heterocycles. The molecule has 0 bridgehead atoms. The van der Waals surface area contributed by atoms with Gasteiger partial charge < -0.3 is 15.1 Å². The van der Waals surface area contributed by atoms with E-state index in [2.05, 4.69) is 45.5 Å². The van der Waals surface area contributed by atoms with Crippen molar-refractivity contribution in [1.29, 1.82) is 5.26 Å². The normalized spacial score (nSPS) is 19.4. The fourth-order valence-electron chi connectivity index (χ4n) is 6.90. The van der Waals surface area contributed by atoms with Crippen molar-refractivity contribution in [2.45, 2.75) is 50.0 Å². The van der Waals surface area contributed by atoms with E-state index in [4.69, 9.17) is 16.6 Å². The van der Waals surface area contributed by atoms with E-state index in [0.29, 0.717) is 11.1 Å². The SMILES string of the molecule is N#Cc1ccc(-c2ccc3nc(NCC4(c5ccc(Cl)cc5)CC4)cc(C(=O)N4CCC[C@H]4CN4CCCC4)c3c2)cc1. The van der Waals surface area contributed by atoms with Crippen molar-refractivity contribution < 1.29 is 4.79 Å². The van der Waals surface area contributed by atoms with Gasteiger partial charge in [-0.3, -0.25) is 4.79 Å². The Morgan fingerprint density at radius 3 is 2.42 bits per heavy atom. The lowest BCUT2D eigenvalue weighted by Crippen LogP contribution is -2.42. The largest absolute Gasteiger partial charge is 0.369 e. The molecule has 218 valence electrons. The fourth-order valence-corrected chi connectivity index (χ4v) is 7.03. The van der Waals surface area contributed by atoms with Crippen LogP contribution in [0.3, 0.4) is 0 Å². The monoisotopic (exact) mass is 589 g/mol. The minimum atomic E-state index is 0.0701. The Kier molecular flexibility index (Phi) is 7.55. The molecule has 2 saturated heterocycles. The summed E-state index contributed by atoms with van der Waals surface area (Å²) in [5, 5.41) is 14.5. The quantitative estimate of drug-likeness (QED) is 0.234. The molecule has 1 amide bonds. The highest BCUT2D eigenvalue weighted by Crippen LogP contribution is 2.48. The molecule has 1 aromatic heterocycles. The number of nitrogens with one attached hydrogen (secondary N) is 1. The molecule has 1 N–H and O–H groups in total. The maximum absolute atomic E-state index is 14.4. The Balaban J connectivity index is 1.23. The highest BCUT2D eigenvalue weighted by Gasteiger charge is 2.44. The van der Waals surface area contributed by atoms with Crippen LogP contribution in [0.5, 0.6) is 0 Å². The second-order valence-corrected chi connectivity index (χ2v) is 12.9. The first-order valence-corrected chi connectivity index (χ1v) is 15.9. The van der Waals surface area contributed by atoms with Gasteiger partial charge in [-0.1, -0.05) is 41.9 Å². The van der Waals surface area contributed by atoms with Gasteiger partial charge in [-0.05, 0) is 111 Å². The van der Waals surface area contributed by atoms with Crippen molar-refractivity contribution in [3.8, 4) is 17.2 Å². The summed E-state index contributed by atoms with van der Waals surface area (Å²) >= 11 is 6.16. The van der Waals surface area contributed by atoms with Crippen LogP contribution in [0.4, 0.5) is 5.82 Å². The number of benzene rings is 3. The van der Waals surface area contributed by atoms with Gasteiger partial charge >= 0.3 is 0 Å². The number of hydrogen-bond acceptors (Lipinski definition) is 5. The number of aromatic nitrogens is 1. The van der Waals surface area contributed by atoms with Crippen molar-refractivity contribution in [3.05, 3.63) is 94.5 Å². The average molecular weight is 590 g/mol. The van der Waals surface area contributed by atoms with Crippen molar-refractivity contribution in [1.82, 2.24) is 14.8 Å². The molecule has 1 aliphatic carbocycles. The lowest BCUT2D eigenvalue weighted by atomic mass is 9.96. The minimum absolute atomic E-state index is 0.0701. The van der Waals surface area contributed by atoms with Crippen molar-refractivity contribution in [2.24, 2.45) is 0 Å². The number of carbonyl (C=O) groups is 1. The summed E-state index contributed by atoms with van der Waals surface area (Å²) in [4.78, 5) is 24.0.